The van der Waals surface area contributed by atoms with Crippen molar-refractivity contribution in [2.75, 3.05) is 5.32 Å². The Labute approximate surface area is 210 Å². The predicted octanol–water partition coefficient (Wildman–Crippen LogP) is 3.44. The van der Waals surface area contributed by atoms with Crippen LogP contribution in [0.25, 0.3) is 0 Å². The van der Waals surface area contributed by atoms with Gasteiger partial charge in [0.1, 0.15) is 6.10 Å². The van der Waals surface area contributed by atoms with Gasteiger partial charge in [0.15, 0.2) is 27.3 Å². The number of benzene rings is 2. The number of rotatable bonds is 6. The van der Waals surface area contributed by atoms with Crippen LogP contribution in [-0.2, 0) is 9.84 Å². The number of halogens is 4. The van der Waals surface area contributed by atoms with Crippen LogP contribution in [0.5, 0.6) is 0 Å². The number of hydrogen-bond acceptors (Lipinski definition) is 6. The summed E-state index contributed by atoms with van der Waals surface area (Å²) in [5.41, 5.74) is -2.13. The topological polar surface area (TPSA) is 124 Å². The number of fused-ring (bicyclic) bond motifs is 2. The first-order valence-electron chi connectivity index (χ1n) is 11.3. The second-order valence-electron chi connectivity index (χ2n) is 9.54. The van der Waals surface area contributed by atoms with Crippen LogP contribution in [0.4, 0.5) is 18.9 Å². The smallest absolute Gasteiger partial charge is 0.255 e. The summed E-state index contributed by atoms with van der Waals surface area (Å²) in [7, 11) is -4.10. The molecule has 2 unspecified atom stereocenters. The Morgan fingerprint density at radius 3 is 2.17 bits per heavy atom. The van der Waals surface area contributed by atoms with E-state index in [4.69, 9.17) is 11.6 Å². The molecule has 196 valence electrons. The zero-order valence-electron chi connectivity index (χ0n) is 19.1. The molecule has 0 spiro atoms. The van der Waals surface area contributed by atoms with Crippen molar-refractivity contribution in [3.05, 3.63) is 58.4 Å². The fourth-order valence-corrected chi connectivity index (χ4v) is 7.94. The highest BCUT2D eigenvalue weighted by Crippen LogP contribution is 2.54. The molecule has 2 aromatic rings. The molecule has 2 saturated carbocycles. The van der Waals surface area contributed by atoms with Crippen LogP contribution in [0.3, 0.4) is 0 Å². The Hall–Kier alpha value is -2.18. The minimum atomic E-state index is -4.10. The third-order valence-electron chi connectivity index (χ3n) is 7.38. The number of amides is 1. The molecule has 0 aliphatic heterocycles. The van der Waals surface area contributed by atoms with Gasteiger partial charge in [0, 0.05) is 23.4 Å². The van der Waals surface area contributed by atoms with Crippen LogP contribution in [0, 0.1) is 29.3 Å². The van der Waals surface area contributed by atoms with Gasteiger partial charge in [-0.05, 0) is 62.6 Å². The Morgan fingerprint density at radius 1 is 1.08 bits per heavy atom. The lowest BCUT2D eigenvalue weighted by Gasteiger charge is -2.46. The van der Waals surface area contributed by atoms with E-state index in [9.17, 15) is 41.7 Å². The van der Waals surface area contributed by atoms with Gasteiger partial charge in [0.2, 0.25) is 0 Å². The molecule has 4 atom stereocenters. The minimum absolute atomic E-state index is 0.0278. The van der Waals surface area contributed by atoms with E-state index in [1.54, 1.807) is 0 Å². The third-order valence-corrected chi connectivity index (χ3v) is 10.0. The van der Waals surface area contributed by atoms with Gasteiger partial charge in [0.25, 0.3) is 5.91 Å². The quantitative estimate of drug-likeness (QED) is 0.411. The summed E-state index contributed by atoms with van der Waals surface area (Å²) in [5, 5.41) is 32.5. The Bertz CT molecular complexity index is 1270. The van der Waals surface area contributed by atoms with E-state index in [1.165, 1.54) is 19.1 Å². The molecule has 7 nitrogen and oxygen atoms in total. The van der Waals surface area contributed by atoms with Crippen molar-refractivity contribution in [1.82, 2.24) is 0 Å². The van der Waals surface area contributed by atoms with Gasteiger partial charge >= 0.3 is 0 Å². The van der Waals surface area contributed by atoms with Gasteiger partial charge in [-0.1, -0.05) is 11.6 Å². The molecule has 2 aromatic carbocycles. The molecule has 4 rings (SSSR count). The molecule has 2 bridgehead atoms. The molecule has 0 radical (unpaired) electrons. The highest BCUT2D eigenvalue weighted by molar-refractivity contribution is 7.92. The summed E-state index contributed by atoms with van der Waals surface area (Å²) in [6.45, 7) is 1.36. The van der Waals surface area contributed by atoms with Gasteiger partial charge in [0.05, 0.1) is 26.9 Å². The largest absolute Gasteiger partial charge is 0.391 e. The fourth-order valence-electron chi connectivity index (χ4n) is 5.54. The first-order chi connectivity index (χ1) is 16.8. The summed E-state index contributed by atoms with van der Waals surface area (Å²) in [6.07, 6.45) is -1.59. The summed E-state index contributed by atoms with van der Waals surface area (Å²) >= 11 is 6.19. The van der Waals surface area contributed by atoms with Crippen molar-refractivity contribution in [3.8, 4) is 0 Å². The molecule has 4 N–H and O–H groups in total. The molecule has 1 amide bonds. The Balaban J connectivity index is 1.59. The number of anilines is 1. The lowest BCUT2D eigenvalue weighted by molar-refractivity contribution is -0.172. The van der Waals surface area contributed by atoms with Crippen LogP contribution in [-0.4, -0.2) is 52.7 Å². The van der Waals surface area contributed by atoms with Crippen molar-refractivity contribution in [1.29, 1.82) is 0 Å². The van der Waals surface area contributed by atoms with Crippen molar-refractivity contribution in [2.24, 2.45) is 11.8 Å². The Morgan fingerprint density at radius 2 is 1.64 bits per heavy atom. The van der Waals surface area contributed by atoms with E-state index in [1.807, 2.05) is 0 Å². The maximum Gasteiger partial charge on any atom is 0.255 e. The highest BCUT2D eigenvalue weighted by Gasteiger charge is 2.59. The molecule has 0 saturated heterocycles. The van der Waals surface area contributed by atoms with E-state index in [0.29, 0.717) is 25.0 Å². The number of sulfone groups is 1. The molecule has 2 aliphatic rings. The standard InChI is InChI=1S/C24H25ClF3NO6S/c1-11(30)22(31)24(33)13-3-4-14(24)8-16(7-13)36(34,35)20-6-12(2-5-17(20)25)23(32)29-15-9-18(26)21(28)19(27)10-15/h2,5-6,9-11,13-14,16,22,30-31,33H,3-4,7-8H2,1H3,(H,29,32)/t11-,13?,14?,16?,22-,24?/m1/s1. The first-order valence-corrected chi connectivity index (χ1v) is 13.3. The van der Waals surface area contributed by atoms with Crippen molar-refractivity contribution < 1.29 is 41.7 Å². The van der Waals surface area contributed by atoms with Crippen molar-refractivity contribution in [2.45, 2.75) is 60.6 Å². The van der Waals surface area contributed by atoms with E-state index >= 15 is 0 Å². The van der Waals surface area contributed by atoms with Gasteiger partial charge in [-0.3, -0.25) is 4.79 Å². The van der Waals surface area contributed by atoms with Gasteiger partial charge in [-0.25, -0.2) is 21.6 Å². The zero-order valence-corrected chi connectivity index (χ0v) is 20.7. The molecule has 12 heteroatoms. The maximum absolute atomic E-state index is 13.6. The maximum atomic E-state index is 13.6. The Kier molecular flexibility index (Phi) is 7.17. The van der Waals surface area contributed by atoms with Crippen LogP contribution < -0.4 is 5.32 Å². The zero-order chi connectivity index (χ0) is 26.6. The fraction of sp³-hybridized carbons (Fsp3) is 0.458. The number of aliphatic hydroxyl groups excluding tert-OH is 2. The van der Waals surface area contributed by atoms with Crippen LogP contribution in [0.2, 0.25) is 5.02 Å². The van der Waals surface area contributed by atoms with E-state index in [-0.39, 0.29) is 34.0 Å². The number of carbonyl (C=O) groups is 1. The summed E-state index contributed by atoms with van der Waals surface area (Å²) in [4.78, 5) is 12.3. The summed E-state index contributed by atoms with van der Waals surface area (Å²) < 4.78 is 67.2. The van der Waals surface area contributed by atoms with Gasteiger partial charge < -0.3 is 20.6 Å². The first kappa shape index (κ1) is 26.9. The molecule has 2 fully saturated rings. The second-order valence-corrected chi connectivity index (χ2v) is 12.1. The van der Waals surface area contributed by atoms with E-state index in [2.05, 4.69) is 5.32 Å². The average Bonchev–Trinajstić information content (AvgIpc) is 2.98. The van der Waals surface area contributed by atoms with Crippen molar-refractivity contribution in [3.63, 3.8) is 0 Å². The van der Waals surface area contributed by atoms with Crippen LogP contribution >= 0.6 is 11.6 Å². The monoisotopic (exact) mass is 547 g/mol. The number of hydrogen-bond donors (Lipinski definition) is 4. The predicted molar refractivity (Wildman–Crippen MR) is 125 cm³/mol. The normalized spacial score (nSPS) is 27.5. The lowest BCUT2D eigenvalue weighted by Crippen LogP contribution is -2.58. The van der Waals surface area contributed by atoms with E-state index < -0.39 is 68.1 Å². The molecule has 36 heavy (non-hydrogen) atoms. The lowest BCUT2D eigenvalue weighted by atomic mass is 9.70. The molecule has 0 heterocycles. The summed E-state index contributed by atoms with van der Waals surface area (Å²) in [5.74, 6) is -6.72. The van der Waals surface area contributed by atoms with Crippen LogP contribution in [0.1, 0.15) is 43.0 Å². The highest BCUT2D eigenvalue weighted by atomic mass is 35.5. The number of aliphatic hydroxyl groups is 3. The number of carbonyl (C=O) groups excluding carboxylic acids is 1. The van der Waals surface area contributed by atoms with Gasteiger partial charge in [-0.15, -0.1) is 0 Å². The van der Waals surface area contributed by atoms with Crippen molar-refractivity contribution >= 4 is 33.0 Å². The molecular formula is C24H25ClF3NO6S. The average molecular weight is 548 g/mol. The second kappa shape index (κ2) is 9.60. The summed E-state index contributed by atoms with van der Waals surface area (Å²) in [6, 6.07) is 4.67. The molecular weight excluding hydrogens is 523 g/mol. The molecule has 2 aliphatic carbocycles. The van der Waals surface area contributed by atoms with E-state index in [0.717, 1.165) is 6.07 Å². The minimum Gasteiger partial charge on any atom is -0.391 e. The number of nitrogens with one attached hydrogen (secondary N) is 1. The third kappa shape index (κ3) is 4.51. The molecule has 0 aromatic heterocycles. The van der Waals surface area contributed by atoms with Crippen LogP contribution in [0.15, 0.2) is 35.2 Å². The van der Waals surface area contributed by atoms with Gasteiger partial charge in [-0.2, -0.15) is 0 Å². The SMILES string of the molecule is C[C@@H](O)[C@@H](O)C1(O)C2CCC1CC(S(=O)(=O)c1cc(C(=O)Nc3cc(F)c(F)c(F)c3)ccc1Cl)C2.